The van der Waals surface area contributed by atoms with Crippen LogP contribution >= 0.6 is 10.8 Å². The van der Waals surface area contributed by atoms with Crippen LogP contribution in [0.15, 0.2) is 47.9 Å². The van der Waals surface area contributed by atoms with Gasteiger partial charge >= 0.3 is 0 Å². The number of likely N-dealkylation sites (tertiary alicyclic amines) is 1. The van der Waals surface area contributed by atoms with Gasteiger partial charge in [0.15, 0.2) is 17.8 Å². The number of piperidine rings is 1. The molecule has 1 saturated heterocycles. The van der Waals surface area contributed by atoms with E-state index < -0.39 is 34.5 Å². The lowest BCUT2D eigenvalue weighted by molar-refractivity contribution is -0.142. The van der Waals surface area contributed by atoms with E-state index in [-0.39, 0.29) is 0 Å². The van der Waals surface area contributed by atoms with Crippen molar-refractivity contribution in [3.05, 3.63) is 47.9 Å². The highest BCUT2D eigenvalue weighted by molar-refractivity contribution is 8.14. The molecule has 0 aromatic heterocycles. The van der Waals surface area contributed by atoms with Crippen LogP contribution in [0.1, 0.15) is 26.2 Å². The molecule has 2 aliphatic heterocycles. The maximum absolute atomic E-state index is 12.7. The number of hydrogen-bond acceptors (Lipinski definition) is 6. The van der Waals surface area contributed by atoms with Crippen molar-refractivity contribution in [2.45, 2.75) is 32.3 Å². The van der Waals surface area contributed by atoms with Crippen molar-refractivity contribution in [3.63, 3.8) is 0 Å². The largest absolute Gasteiger partial charge is 0.483 e. The number of amides is 1. The molecule has 3 atom stereocenters. The molecule has 0 radical (unpaired) electrons. The number of ketones is 1. The van der Waals surface area contributed by atoms with Crippen molar-refractivity contribution in [1.82, 2.24) is 4.90 Å². The van der Waals surface area contributed by atoms with Gasteiger partial charge in [0, 0.05) is 36.4 Å². The Morgan fingerprint density at radius 2 is 1.77 bits per heavy atom. The van der Waals surface area contributed by atoms with Gasteiger partial charge in [-0.15, -0.1) is 0 Å². The van der Waals surface area contributed by atoms with Crippen LogP contribution in [-0.2, 0) is 14.3 Å². The van der Waals surface area contributed by atoms with Crippen LogP contribution in [-0.4, -0.2) is 47.9 Å². The number of carbonyl (C=O) groups excluding carboxylic acids is 2. The zero-order chi connectivity index (χ0) is 22.2. The first-order chi connectivity index (χ1) is 15.0. The Bertz CT molecular complexity index is 940. The average Bonchev–Trinajstić information content (AvgIpc) is 2.81. The second-order valence-electron chi connectivity index (χ2n) is 7.17. The Morgan fingerprint density at radius 1 is 1.10 bits per heavy atom. The van der Waals surface area contributed by atoms with Crippen LogP contribution in [0.4, 0.5) is 0 Å². The van der Waals surface area contributed by atoms with E-state index in [1.807, 2.05) is 29.7 Å². The topological polar surface area (TPSA) is 88.9 Å². The smallest absolute Gasteiger partial charge is 0.247 e. The van der Waals surface area contributed by atoms with Crippen LogP contribution < -0.4 is 8.92 Å². The molecule has 31 heavy (non-hydrogen) atoms. The van der Waals surface area contributed by atoms with Gasteiger partial charge in [0.1, 0.15) is 16.5 Å². The minimum absolute atomic E-state index is 0.424. The van der Waals surface area contributed by atoms with Gasteiger partial charge in [0.2, 0.25) is 5.91 Å². The van der Waals surface area contributed by atoms with Gasteiger partial charge in [-0.05, 0) is 56.5 Å². The molecule has 1 aromatic carbocycles. The molecule has 0 saturated carbocycles. The maximum atomic E-state index is 12.7. The average molecular weight is 443 g/mol. The number of nitriles is 1. The Morgan fingerprint density at radius 3 is 2.42 bits per heavy atom. The third-order valence-corrected chi connectivity index (χ3v) is 6.47. The molecule has 0 bridgehead atoms. The van der Waals surface area contributed by atoms with E-state index in [4.69, 9.17) is 13.7 Å². The van der Waals surface area contributed by atoms with Crippen LogP contribution in [0.25, 0.3) is 0 Å². The van der Waals surface area contributed by atoms with E-state index in [0.29, 0.717) is 24.6 Å². The van der Waals surface area contributed by atoms with E-state index in [9.17, 15) is 14.9 Å². The van der Waals surface area contributed by atoms with Gasteiger partial charge in [0.05, 0.1) is 6.07 Å². The minimum atomic E-state index is -1.34. The second kappa shape index (κ2) is 10.9. The summed E-state index contributed by atoms with van der Waals surface area (Å²) in [4.78, 5) is 26.9. The Labute approximate surface area is 185 Å². The van der Waals surface area contributed by atoms with Gasteiger partial charge in [-0.3, -0.25) is 9.59 Å². The molecule has 0 aliphatic carbocycles. The van der Waals surface area contributed by atoms with Crippen molar-refractivity contribution >= 4 is 27.5 Å². The summed E-state index contributed by atoms with van der Waals surface area (Å²) in [6.45, 7) is 2.74. The van der Waals surface area contributed by atoms with Gasteiger partial charge < -0.3 is 18.6 Å². The third-order valence-electron chi connectivity index (χ3n) is 5.00. The first kappa shape index (κ1) is 22.8. The van der Waals surface area contributed by atoms with E-state index >= 15 is 0 Å². The monoisotopic (exact) mass is 442 g/mol. The van der Waals surface area contributed by atoms with Crippen molar-refractivity contribution < 1.29 is 23.2 Å². The SMILES string of the molecule is COC1=S(Oc2ccc(OC(C)C(=O)C(C#N)C(=O)N3CCCCC3)cc2)C=CC=C1. The van der Waals surface area contributed by atoms with Crippen molar-refractivity contribution in [2.24, 2.45) is 5.92 Å². The molecule has 2 heterocycles. The first-order valence-electron chi connectivity index (χ1n) is 10.2. The Balaban J connectivity index is 1.61. The van der Waals surface area contributed by atoms with E-state index in [1.165, 1.54) is 0 Å². The van der Waals surface area contributed by atoms with E-state index in [1.54, 1.807) is 43.2 Å². The second-order valence-corrected chi connectivity index (χ2v) is 8.61. The lowest BCUT2D eigenvalue weighted by atomic mass is 9.99. The van der Waals surface area contributed by atoms with Crippen LogP contribution in [0.2, 0.25) is 0 Å². The number of rotatable bonds is 7. The summed E-state index contributed by atoms with van der Waals surface area (Å²) >= 11 is 0. The summed E-state index contributed by atoms with van der Waals surface area (Å²) < 4.78 is 17.0. The quantitative estimate of drug-likeness (QED) is 0.474. The molecule has 164 valence electrons. The summed E-state index contributed by atoms with van der Waals surface area (Å²) in [5.74, 6) is -1.22. The standard InChI is InChI=1S/C23H26N2O5S/c1-17(22(26)20(16-24)23(27)25-13-5-3-6-14-25)29-18-9-11-19(12-10-18)30-31-15-7-4-8-21(31)28-2/h4,7-12,15,17,20H,3,5-6,13-14H2,1-2H3. The zero-order valence-corrected chi connectivity index (χ0v) is 18.5. The summed E-state index contributed by atoms with van der Waals surface area (Å²) in [5.41, 5.74) is 0. The van der Waals surface area contributed by atoms with Crippen LogP contribution in [0.5, 0.6) is 11.5 Å². The summed E-state index contributed by atoms with van der Waals surface area (Å²) in [7, 11) is 0.980. The highest BCUT2D eigenvalue weighted by Crippen LogP contribution is 2.29. The minimum Gasteiger partial charge on any atom is -0.483 e. The van der Waals surface area contributed by atoms with E-state index in [0.717, 1.165) is 24.3 Å². The predicted octanol–water partition coefficient (Wildman–Crippen LogP) is 3.60. The summed E-state index contributed by atoms with van der Waals surface area (Å²) in [6.07, 6.45) is 7.56. The molecular weight excluding hydrogens is 416 g/mol. The molecule has 0 spiro atoms. The third kappa shape index (κ3) is 5.84. The fourth-order valence-corrected chi connectivity index (χ4v) is 4.52. The van der Waals surface area contributed by atoms with Crippen LogP contribution in [0, 0.1) is 17.2 Å². The molecule has 2 aliphatic rings. The molecule has 0 N–H and O–H groups in total. The number of ether oxygens (including phenoxy) is 2. The molecule has 8 heteroatoms. The van der Waals surface area contributed by atoms with Crippen molar-refractivity contribution in [1.29, 1.82) is 5.26 Å². The van der Waals surface area contributed by atoms with Gasteiger partial charge in [0.25, 0.3) is 0 Å². The molecule has 3 rings (SSSR count). The number of nitrogens with zero attached hydrogens (tertiary/aromatic N) is 2. The van der Waals surface area contributed by atoms with E-state index in [2.05, 4.69) is 0 Å². The first-order valence-corrected chi connectivity index (χ1v) is 11.4. The molecular formula is C23H26N2O5S. The van der Waals surface area contributed by atoms with Gasteiger partial charge in [-0.25, -0.2) is 0 Å². The zero-order valence-electron chi connectivity index (χ0n) is 17.7. The lowest BCUT2D eigenvalue weighted by Crippen LogP contribution is -2.44. The van der Waals surface area contributed by atoms with Gasteiger partial charge in [-0.2, -0.15) is 5.26 Å². The number of methoxy groups -OCH3 is 1. The predicted molar refractivity (Wildman–Crippen MR) is 120 cm³/mol. The number of benzene rings is 1. The number of allylic oxidation sites excluding steroid dienone is 2. The number of hydrogen-bond donors (Lipinski definition) is 0. The van der Waals surface area contributed by atoms with Gasteiger partial charge in [-0.1, -0.05) is 12.2 Å². The lowest BCUT2D eigenvalue weighted by Gasteiger charge is -2.28. The molecule has 1 amide bonds. The number of Topliss-reactive ketones (excluding diaryl/α,β-unsaturated/α-hetero) is 1. The molecule has 3 unspecified atom stereocenters. The highest BCUT2D eigenvalue weighted by atomic mass is 32.2. The highest BCUT2D eigenvalue weighted by Gasteiger charge is 2.35. The molecule has 1 fully saturated rings. The fraction of sp³-hybridized carbons (Fsp3) is 0.391. The number of carbonyl (C=O) groups is 2. The molecule has 7 nitrogen and oxygen atoms in total. The normalized spacial score (nSPS) is 20.0. The maximum Gasteiger partial charge on any atom is 0.247 e. The Hall–Kier alpha value is -2.89. The van der Waals surface area contributed by atoms with Crippen molar-refractivity contribution in [2.75, 3.05) is 20.2 Å². The van der Waals surface area contributed by atoms with Crippen LogP contribution in [0.3, 0.4) is 0 Å². The summed E-state index contributed by atoms with van der Waals surface area (Å²) in [6, 6.07) is 8.71. The Kier molecular flexibility index (Phi) is 8.04. The van der Waals surface area contributed by atoms with Crippen molar-refractivity contribution in [3.8, 4) is 17.6 Å². The fourth-order valence-electron chi connectivity index (χ4n) is 3.32. The summed E-state index contributed by atoms with van der Waals surface area (Å²) in [5, 5.41) is 12.1. The molecule has 1 aromatic rings.